The molecule has 160 valence electrons. The average molecular weight is 407 g/mol. The minimum Gasteiger partial charge on any atom is -0.375 e. The minimum absolute atomic E-state index is 0.199. The zero-order valence-electron chi connectivity index (χ0n) is 18.2. The van der Waals surface area contributed by atoms with Gasteiger partial charge in [-0.25, -0.2) is 0 Å². The summed E-state index contributed by atoms with van der Waals surface area (Å²) in [5.74, 6) is 0.167. The van der Waals surface area contributed by atoms with Gasteiger partial charge in [-0.2, -0.15) is 0 Å². The Morgan fingerprint density at radius 1 is 1.13 bits per heavy atom. The second-order valence-corrected chi connectivity index (χ2v) is 9.15. The van der Waals surface area contributed by atoms with E-state index in [1.54, 1.807) is 18.2 Å². The van der Waals surface area contributed by atoms with Crippen molar-refractivity contribution in [2.75, 3.05) is 13.1 Å². The van der Waals surface area contributed by atoms with Gasteiger partial charge in [0.15, 0.2) is 5.60 Å². The van der Waals surface area contributed by atoms with Crippen molar-refractivity contribution in [2.24, 2.45) is 5.73 Å². The predicted octanol–water partition coefficient (Wildman–Crippen LogP) is 4.14. The van der Waals surface area contributed by atoms with Crippen LogP contribution in [-0.2, 0) is 16.8 Å². The van der Waals surface area contributed by atoms with E-state index in [1.807, 2.05) is 23.1 Å². The average Bonchev–Trinajstić information content (AvgIpc) is 2.73. The summed E-state index contributed by atoms with van der Waals surface area (Å²) in [5.41, 5.74) is 7.70. The first-order valence-electron chi connectivity index (χ1n) is 10.8. The summed E-state index contributed by atoms with van der Waals surface area (Å²) < 4.78 is 0. The van der Waals surface area contributed by atoms with Crippen molar-refractivity contribution < 1.29 is 9.90 Å². The highest BCUT2D eigenvalue weighted by Gasteiger charge is 2.41. The molecular weight excluding hydrogens is 372 g/mol. The second-order valence-electron chi connectivity index (χ2n) is 9.15. The number of amides is 1. The van der Waals surface area contributed by atoms with Gasteiger partial charge in [0.05, 0.1) is 0 Å². The van der Waals surface area contributed by atoms with Crippen LogP contribution in [0.4, 0.5) is 0 Å². The molecule has 30 heavy (non-hydrogen) atoms. The van der Waals surface area contributed by atoms with Crippen LogP contribution in [0.5, 0.6) is 0 Å². The lowest BCUT2D eigenvalue weighted by molar-refractivity contribution is -0.153. The first-order valence-corrected chi connectivity index (χ1v) is 10.8. The number of nitrogens with zero attached hydrogens (tertiary/aromatic N) is 1. The standard InChI is InChI=1S/C26H34N2O2/c1-4-16-26(30,22-11-6-5-7-12-22)24(29)28-17-14-20(15-18-28)23-13-9-8-10-21(23)19-25(2,3)27/h4-13,20,30H,1,14-19,27H2,2-3H3. The van der Waals surface area contributed by atoms with E-state index in [1.165, 1.54) is 11.1 Å². The van der Waals surface area contributed by atoms with Crippen molar-refractivity contribution in [3.05, 3.63) is 83.9 Å². The lowest BCUT2D eigenvalue weighted by Gasteiger charge is -2.38. The number of carbonyl (C=O) groups is 1. The van der Waals surface area contributed by atoms with Crippen LogP contribution in [0.2, 0.25) is 0 Å². The Morgan fingerprint density at radius 3 is 2.33 bits per heavy atom. The second kappa shape index (κ2) is 9.15. The van der Waals surface area contributed by atoms with E-state index < -0.39 is 5.60 Å². The Hall–Kier alpha value is -2.43. The molecule has 2 aromatic carbocycles. The van der Waals surface area contributed by atoms with Gasteiger partial charge in [-0.1, -0.05) is 60.7 Å². The zero-order valence-corrected chi connectivity index (χ0v) is 18.2. The molecule has 0 aromatic heterocycles. The predicted molar refractivity (Wildman–Crippen MR) is 122 cm³/mol. The lowest BCUT2D eigenvalue weighted by atomic mass is 9.82. The Bertz CT molecular complexity index is 864. The van der Waals surface area contributed by atoms with Gasteiger partial charge in [0.2, 0.25) is 0 Å². The highest BCUT2D eigenvalue weighted by Crippen LogP contribution is 2.34. The van der Waals surface area contributed by atoms with E-state index in [0.29, 0.717) is 24.6 Å². The molecule has 0 radical (unpaired) electrons. The fourth-order valence-electron chi connectivity index (χ4n) is 4.49. The molecule has 1 atom stereocenters. The van der Waals surface area contributed by atoms with Crippen LogP contribution >= 0.6 is 0 Å². The SMILES string of the molecule is C=CCC(O)(C(=O)N1CCC(c2ccccc2CC(C)(C)N)CC1)c1ccccc1. The van der Waals surface area contributed by atoms with Crippen molar-refractivity contribution in [2.45, 2.75) is 56.6 Å². The number of rotatable bonds is 7. The summed E-state index contributed by atoms with van der Waals surface area (Å²) in [7, 11) is 0. The summed E-state index contributed by atoms with van der Waals surface area (Å²) in [5, 5.41) is 11.3. The van der Waals surface area contributed by atoms with Crippen molar-refractivity contribution in [1.29, 1.82) is 0 Å². The number of hydrogen-bond acceptors (Lipinski definition) is 3. The van der Waals surface area contributed by atoms with Crippen LogP contribution in [0.15, 0.2) is 67.3 Å². The fourth-order valence-corrected chi connectivity index (χ4v) is 4.49. The Kier molecular flexibility index (Phi) is 6.79. The van der Waals surface area contributed by atoms with Crippen LogP contribution < -0.4 is 5.73 Å². The molecule has 1 aliphatic rings. The summed E-state index contributed by atoms with van der Waals surface area (Å²) in [6, 6.07) is 17.7. The van der Waals surface area contributed by atoms with E-state index >= 15 is 0 Å². The molecule has 3 N–H and O–H groups in total. The summed E-state index contributed by atoms with van der Waals surface area (Å²) >= 11 is 0. The maximum Gasteiger partial charge on any atom is 0.259 e. The molecule has 4 heteroatoms. The van der Waals surface area contributed by atoms with Crippen LogP contribution in [0, 0.1) is 0 Å². The minimum atomic E-state index is -1.56. The third-order valence-corrected chi connectivity index (χ3v) is 5.97. The molecule has 1 fully saturated rings. The molecule has 0 saturated carbocycles. The molecule has 2 aromatic rings. The van der Waals surface area contributed by atoms with Crippen LogP contribution in [-0.4, -0.2) is 34.5 Å². The first-order chi connectivity index (χ1) is 14.2. The van der Waals surface area contributed by atoms with Gasteiger partial charge >= 0.3 is 0 Å². The molecule has 1 amide bonds. The first kappa shape index (κ1) is 22.3. The molecule has 1 aliphatic heterocycles. The summed E-state index contributed by atoms with van der Waals surface area (Å²) in [6.45, 7) is 9.12. The number of hydrogen-bond donors (Lipinski definition) is 2. The zero-order chi connectivity index (χ0) is 21.8. The number of aliphatic hydroxyl groups is 1. The smallest absolute Gasteiger partial charge is 0.259 e. The highest BCUT2D eigenvalue weighted by atomic mass is 16.3. The van der Waals surface area contributed by atoms with Crippen molar-refractivity contribution in [1.82, 2.24) is 4.90 Å². The summed E-state index contributed by atoms with van der Waals surface area (Å²) in [4.78, 5) is 15.1. The third kappa shape index (κ3) is 5.00. The molecule has 4 nitrogen and oxygen atoms in total. The van der Waals surface area contributed by atoms with Gasteiger partial charge in [-0.05, 0) is 55.7 Å². The maximum atomic E-state index is 13.3. The quantitative estimate of drug-likeness (QED) is 0.679. The molecule has 0 bridgehead atoms. The molecular formula is C26H34N2O2. The Labute approximate surface area is 180 Å². The van der Waals surface area contributed by atoms with Crippen molar-refractivity contribution in [3.63, 3.8) is 0 Å². The van der Waals surface area contributed by atoms with E-state index in [0.717, 1.165) is 19.3 Å². The molecule has 0 aliphatic carbocycles. The Balaban J connectivity index is 1.74. The van der Waals surface area contributed by atoms with E-state index in [9.17, 15) is 9.90 Å². The van der Waals surface area contributed by atoms with Crippen molar-refractivity contribution >= 4 is 5.91 Å². The third-order valence-electron chi connectivity index (χ3n) is 5.97. The monoisotopic (exact) mass is 406 g/mol. The molecule has 1 heterocycles. The topological polar surface area (TPSA) is 66.6 Å². The summed E-state index contributed by atoms with van der Waals surface area (Å²) in [6.07, 6.45) is 4.40. The highest BCUT2D eigenvalue weighted by molar-refractivity contribution is 5.86. The lowest BCUT2D eigenvalue weighted by Crippen LogP contribution is -2.49. The maximum absolute atomic E-state index is 13.3. The van der Waals surface area contributed by atoms with Gasteiger partial charge in [0.25, 0.3) is 5.91 Å². The normalized spacial score (nSPS) is 17.4. The van der Waals surface area contributed by atoms with Gasteiger partial charge < -0.3 is 15.7 Å². The van der Waals surface area contributed by atoms with Crippen LogP contribution in [0.1, 0.15) is 55.7 Å². The largest absolute Gasteiger partial charge is 0.375 e. The fraction of sp³-hybridized carbons (Fsp3) is 0.423. The molecule has 0 spiro atoms. The van der Waals surface area contributed by atoms with E-state index in [4.69, 9.17) is 5.73 Å². The molecule has 3 rings (SSSR count). The van der Waals surface area contributed by atoms with Crippen LogP contribution in [0.3, 0.4) is 0 Å². The van der Waals surface area contributed by atoms with E-state index in [-0.39, 0.29) is 17.9 Å². The number of likely N-dealkylation sites (tertiary alicyclic amines) is 1. The van der Waals surface area contributed by atoms with Gasteiger partial charge in [0, 0.05) is 25.0 Å². The van der Waals surface area contributed by atoms with Gasteiger partial charge in [0.1, 0.15) is 0 Å². The molecule has 1 unspecified atom stereocenters. The number of nitrogens with two attached hydrogens (primary N) is 1. The van der Waals surface area contributed by atoms with Gasteiger partial charge in [-0.3, -0.25) is 4.79 Å². The number of benzene rings is 2. The van der Waals surface area contributed by atoms with Crippen LogP contribution in [0.25, 0.3) is 0 Å². The molecule has 1 saturated heterocycles. The van der Waals surface area contributed by atoms with Gasteiger partial charge in [-0.15, -0.1) is 6.58 Å². The van der Waals surface area contributed by atoms with Crippen molar-refractivity contribution in [3.8, 4) is 0 Å². The number of carbonyl (C=O) groups excluding carboxylic acids is 1. The Morgan fingerprint density at radius 2 is 1.73 bits per heavy atom. The van der Waals surface area contributed by atoms with E-state index in [2.05, 4.69) is 44.7 Å². The number of piperidine rings is 1.